The van der Waals surface area contributed by atoms with E-state index in [1.54, 1.807) is 0 Å². The summed E-state index contributed by atoms with van der Waals surface area (Å²) in [7, 11) is 0. The lowest BCUT2D eigenvalue weighted by atomic mass is 9.89. The molecule has 0 amide bonds. The van der Waals surface area contributed by atoms with Gasteiger partial charge in [-0.25, -0.2) is 0 Å². The van der Waals surface area contributed by atoms with Gasteiger partial charge in [0.1, 0.15) is 0 Å². The molecule has 1 heterocycles. The second-order valence-electron chi connectivity index (χ2n) is 3.33. The average Bonchev–Trinajstić information content (AvgIpc) is 1.80. The van der Waals surface area contributed by atoms with Crippen LogP contribution in [0.5, 0.6) is 0 Å². The first kappa shape index (κ1) is 7.07. The Kier molecular flexibility index (Phi) is 2.12. The van der Waals surface area contributed by atoms with Gasteiger partial charge < -0.3 is 4.74 Å². The SMILES string of the molecule is C[C@@H]1C[C@H](C)OC[C@@H]1C. The van der Waals surface area contributed by atoms with Crippen LogP contribution >= 0.6 is 0 Å². The molecule has 0 N–H and O–H groups in total. The number of hydrogen-bond acceptors (Lipinski definition) is 1. The number of rotatable bonds is 0. The predicted molar refractivity (Wildman–Crippen MR) is 38.4 cm³/mol. The molecular formula is C8H16O. The highest BCUT2D eigenvalue weighted by atomic mass is 16.5. The smallest absolute Gasteiger partial charge is 0.0549 e. The molecule has 1 saturated heterocycles. The Morgan fingerprint density at radius 2 is 1.78 bits per heavy atom. The topological polar surface area (TPSA) is 9.23 Å². The van der Waals surface area contributed by atoms with Crippen molar-refractivity contribution in [3.05, 3.63) is 0 Å². The summed E-state index contributed by atoms with van der Waals surface area (Å²) < 4.78 is 5.46. The molecule has 1 fully saturated rings. The second kappa shape index (κ2) is 2.70. The Morgan fingerprint density at radius 3 is 2.22 bits per heavy atom. The number of hydrogen-bond donors (Lipinski definition) is 0. The average molecular weight is 128 g/mol. The third-order valence-corrected chi connectivity index (χ3v) is 2.32. The van der Waals surface area contributed by atoms with E-state index in [0.717, 1.165) is 18.4 Å². The first-order valence-corrected chi connectivity index (χ1v) is 3.81. The highest BCUT2D eigenvalue weighted by Crippen LogP contribution is 2.23. The minimum Gasteiger partial charge on any atom is -0.378 e. The molecule has 0 radical (unpaired) electrons. The van der Waals surface area contributed by atoms with Crippen molar-refractivity contribution in [3.8, 4) is 0 Å². The van der Waals surface area contributed by atoms with Crippen LogP contribution < -0.4 is 0 Å². The van der Waals surface area contributed by atoms with Gasteiger partial charge in [-0.15, -0.1) is 0 Å². The normalized spacial score (nSPS) is 45.0. The molecule has 0 bridgehead atoms. The fourth-order valence-electron chi connectivity index (χ4n) is 1.30. The largest absolute Gasteiger partial charge is 0.378 e. The highest BCUT2D eigenvalue weighted by molar-refractivity contribution is 4.70. The third kappa shape index (κ3) is 1.68. The summed E-state index contributed by atoms with van der Waals surface area (Å²) in [5.41, 5.74) is 0. The van der Waals surface area contributed by atoms with Crippen molar-refractivity contribution < 1.29 is 4.74 Å². The lowest BCUT2D eigenvalue weighted by Crippen LogP contribution is -2.28. The molecule has 1 nitrogen and oxygen atoms in total. The van der Waals surface area contributed by atoms with Crippen molar-refractivity contribution in [3.63, 3.8) is 0 Å². The van der Waals surface area contributed by atoms with Gasteiger partial charge in [0.2, 0.25) is 0 Å². The first-order chi connectivity index (χ1) is 4.20. The van der Waals surface area contributed by atoms with Crippen LogP contribution in [0.25, 0.3) is 0 Å². The van der Waals surface area contributed by atoms with Gasteiger partial charge in [0.15, 0.2) is 0 Å². The molecule has 0 aromatic heterocycles. The van der Waals surface area contributed by atoms with E-state index in [2.05, 4.69) is 20.8 Å². The van der Waals surface area contributed by atoms with Gasteiger partial charge in [0.25, 0.3) is 0 Å². The molecule has 1 rings (SSSR count). The molecular weight excluding hydrogens is 112 g/mol. The van der Waals surface area contributed by atoms with Gasteiger partial charge in [0.05, 0.1) is 6.10 Å². The maximum atomic E-state index is 5.46. The molecule has 0 aromatic rings. The van der Waals surface area contributed by atoms with Crippen LogP contribution in [-0.4, -0.2) is 12.7 Å². The van der Waals surface area contributed by atoms with E-state index in [9.17, 15) is 0 Å². The summed E-state index contributed by atoms with van der Waals surface area (Å²) in [5.74, 6) is 1.62. The van der Waals surface area contributed by atoms with Crippen LogP contribution in [0.4, 0.5) is 0 Å². The molecule has 0 aliphatic carbocycles. The number of ether oxygens (including phenoxy) is 1. The van der Waals surface area contributed by atoms with Crippen molar-refractivity contribution >= 4 is 0 Å². The van der Waals surface area contributed by atoms with Gasteiger partial charge in [-0.05, 0) is 25.2 Å². The minimum atomic E-state index is 0.496. The molecule has 3 atom stereocenters. The second-order valence-corrected chi connectivity index (χ2v) is 3.33. The van der Waals surface area contributed by atoms with E-state index in [1.807, 2.05) is 0 Å². The third-order valence-electron chi connectivity index (χ3n) is 2.32. The summed E-state index contributed by atoms with van der Waals surface area (Å²) in [4.78, 5) is 0. The molecule has 1 aliphatic heterocycles. The Bertz CT molecular complexity index is 90.6. The van der Waals surface area contributed by atoms with E-state index >= 15 is 0 Å². The lowest BCUT2D eigenvalue weighted by molar-refractivity contribution is -0.0263. The maximum Gasteiger partial charge on any atom is 0.0549 e. The van der Waals surface area contributed by atoms with Crippen molar-refractivity contribution in [2.24, 2.45) is 11.8 Å². The summed E-state index contributed by atoms with van der Waals surface area (Å²) in [6.45, 7) is 7.69. The molecule has 9 heavy (non-hydrogen) atoms. The minimum absolute atomic E-state index is 0.496. The molecule has 0 saturated carbocycles. The Labute approximate surface area is 57.4 Å². The van der Waals surface area contributed by atoms with Crippen molar-refractivity contribution in [1.82, 2.24) is 0 Å². The Morgan fingerprint density at radius 1 is 1.11 bits per heavy atom. The van der Waals surface area contributed by atoms with Crippen LogP contribution in [0.1, 0.15) is 27.2 Å². The maximum absolute atomic E-state index is 5.46. The van der Waals surface area contributed by atoms with Gasteiger partial charge in [-0.2, -0.15) is 0 Å². The Hall–Kier alpha value is -0.0400. The van der Waals surface area contributed by atoms with E-state index in [0.29, 0.717) is 6.10 Å². The molecule has 1 heteroatoms. The van der Waals surface area contributed by atoms with Gasteiger partial charge in [-0.1, -0.05) is 13.8 Å². The zero-order valence-corrected chi connectivity index (χ0v) is 6.55. The van der Waals surface area contributed by atoms with Crippen molar-refractivity contribution in [2.75, 3.05) is 6.61 Å². The quantitative estimate of drug-likeness (QED) is 0.485. The van der Waals surface area contributed by atoms with E-state index < -0.39 is 0 Å². The fraction of sp³-hybridized carbons (Fsp3) is 1.00. The Balaban J connectivity index is 2.35. The summed E-state index contributed by atoms with van der Waals surface area (Å²) in [6.07, 6.45) is 1.73. The molecule has 0 unspecified atom stereocenters. The molecule has 54 valence electrons. The van der Waals surface area contributed by atoms with E-state index in [1.165, 1.54) is 6.42 Å². The van der Waals surface area contributed by atoms with Crippen LogP contribution in [0.3, 0.4) is 0 Å². The van der Waals surface area contributed by atoms with Crippen LogP contribution in [0.2, 0.25) is 0 Å². The van der Waals surface area contributed by atoms with E-state index in [-0.39, 0.29) is 0 Å². The summed E-state index contributed by atoms with van der Waals surface area (Å²) in [5, 5.41) is 0. The lowest BCUT2D eigenvalue weighted by Gasteiger charge is -2.30. The zero-order valence-electron chi connectivity index (χ0n) is 6.55. The molecule has 0 aromatic carbocycles. The van der Waals surface area contributed by atoms with Crippen LogP contribution in [-0.2, 0) is 4.74 Å². The van der Waals surface area contributed by atoms with Gasteiger partial charge in [-0.3, -0.25) is 0 Å². The van der Waals surface area contributed by atoms with Gasteiger partial charge in [0, 0.05) is 6.61 Å². The highest BCUT2D eigenvalue weighted by Gasteiger charge is 2.21. The molecule has 0 spiro atoms. The van der Waals surface area contributed by atoms with Crippen molar-refractivity contribution in [1.29, 1.82) is 0 Å². The fourth-order valence-corrected chi connectivity index (χ4v) is 1.30. The monoisotopic (exact) mass is 128 g/mol. The first-order valence-electron chi connectivity index (χ1n) is 3.81. The summed E-state index contributed by atoms with van der Waals surface area (Å²) in [6, 6.07) is 0. The van der Waals surface area contributed by atoms with Crippen LogP contribution in [0, 0.1) is 11.8 Å². The van der Waals surface area contributed by atoms with Crippen molar-refractivity contribution in [2.45, 2.75) is 33.3 Å². The standard InChI is InChI=1S/C8H16O/c1-6-4-8(3)9-5-7(6)2/h6-8H,4-5H2,1-3H3/t6-,7+,8+/m1/s1. The predicted octanol–water partition coefficient (Wildman–Crippen LogP) is 2.07. The van der Waals surface area contributed by atoms with Gasteiger partial charge >= 0.3 is 0 Å². The van der Waals surface area contributed by atoms with E-state index in [4.69, 9.17) is 4.74 Å². The zero-order chi connectivity index (χ0) is 6.85. The van der Waals surface area contributed by atoms with Crippen LogP contribution in [0.15, 0.2) is 0 Å². The summed E-state index contributed by atoms with van der Waals surface area (Å²) >= 11 is 0. The molecule has 1 aliphatic rings.